The number of urea groups is 1. The molecule has 0 radical (unpaired) electrons. The lowest BCUT2D eigenvalue weighted by atomic mass is 10.1. The van der Waals surface area contributed by atoms with Gasteiger partial charge in [0.2, 0.25) is 0 Å². The van der Waals surface area contributed by atoms with Crippen molar-refractivity contribution in [3.8, 4) is 0 Å². The van der Waals surface area contributed by atoms with E-state index in [1.54, 1.807) is 4.90 Å². The summed E-state index contributed by atoms with van der Waals surface area (Å²) in [7, 11) is 1.35. The van der Waals surface area contributed by atoms with Crippen molar-refractivity contribution in [2.24, 2.45) is 0 Å². The molecular formula is C14H17BrFN3O3. The number of carbonyl (C=O) groups excluding carboxylic acids is 2. The quantitative estimate of drug-likeness (QED) is 0.836. The number of halogens is 2. The first-order valence-corrected chi connectivity index (χ1v) is 7.64. The molecule has 1 saturated heterocycles. The summed E-state index contributed by atoms with van der Waals surface area (Å²) in [4.78, 5) is 24.9. The Kier molecular flexibility index (Phi) is 5.59. The summed E-state index contributed by atoms with van der Waals surface area (Å²) >= 11 is 3.19. The van der Waals surface area contributed by atoms with Crippen LogP contribution in [-0.4, -0.2) is 43.3 Å². The molecule has 1 aromatic rings. The summed E-state index contributed by atoms with van der Waals surface area (Å²) in [6.07, 6.45) is 0.971. The second-order valence-corrected chi connectivity index (χ2v) is 5.81. The van der Waals surface area contributed by atoms with Crippen LogP contribution in [-0.2, 0) is 4.74 Å². The number of hydrogen-bond acceptors (Lipinski definition) is 3. The fraction of sp³-hybridized carbons (Fsp3) is 0.429. The molecule has 120 valence electrons. The normalized spacial score (nSPS) is 15.3. The lowest BCUT2D eigenvalue weighted by Gasteiger charge is -2.31. The van der Waals surface area contributed by atoms with Crippen LogP contribution < -0.4 is 10.6 Å². The summed E-state index contributed by atoms with van der Waals surface area (Å²) in [6, 6.07) is 3.67. The van der Waals surface area contributed by atoms with E-state index in [0.717, 1.165) is 0 Å². The van der Waals surface area contributed by atoms with Crippen LogP contribution in [0.25, 0.3) is 0 Å². The molecule has 0 spiro atoms. The molecule has 1 fully saturated rings. The number of piperidine rings is 1. The van der Waals surface area contributed by atoms with Crippen LogP contribution in [0.3, 0.4) is 0 Å². The van der Waals surface area contributed by atoms with E-state index in [0.29, 0.717) is 36.1 Å². The third kappa shape index (κ3) is 4.33. The summed E-state index contributed by atoms with van der Waals surface area (Å²) in [5.41, 5.74) is 0.492. The minimum Gasteiger partial charge on any atom is -0.453 e. The van der Waals surface area contributed by atoms with E-state index in [9.17, 15) is 14.0 Å². The number of hydrogen-bond donors (Lipinski definition) is 2. The molecule has 0 atom stereocenters. The molecule has 1 heterocycles. The van der Waals surface area contributed by atoms with Gasteiger partial charge >= 0.3 is 12.1 Å². The molecule has 3 amide bonds. The lowest BCUT2D eigenvalue weighted by Crippen LogP contribution is -2.47. The lowest BCUT2D eigenvalue weighted by molar-refractivity contribution is 0.110. The van der Waals surface area contributed by atoms with Gasteiger partial charge in [0.1, 0.15) is 5.82 Å². The van der Waals surface area contributed by atoms with Crippen molar-refractivity contribution in [2.45, 2.75) is 18.9 Å². The molecule has 1 aliphatic rings. The van der Waals surface area contributed by atoms with E-state index in [1.165, 1.54) is 25.3 Å². The third-order valence-electron chi connectivity index (χ3n) is 3.44. The number of nitrogens with one attached hydrogen (secondary N) is 2. The molecule has 1 aromatic carbocycles. The van der Waals surface area contributed by atoms with Crippen LogP contribution >= 0.6 is 15.9 Å². The Labute approximate surface area is 136 Å². The monoisotopic (exact) mass is 373 g/mol. The third-order valence-corrected chi connectivity index (χ3v) is 4.10. The van der Waals surface area contributed by atoms with Crippen LogP contribution in [0, 0.1) is 5.82 Å². The van der Waals surface area contributed by atoms with Gasteiger partial charge in [-0.2, -0.15) is 0 Å². The number of anilines is 1. The molecular weight excluding hydrogens is 357 g/mol. The van der Waals surface area contributed by atoms with Crippen molar-refractivity contribution in [2.75, 3.05) is 25.5 Å². The van der Waals surface area contributed by atoms with Gasteiger partial charge < -0.3 is 20.3 Å². The average Bonchev–Trinajstić information content (AvgIpc) is 2.50. The number of likely N-dealkylation sites (tertiary alicyclic amines) is 1. The largest absolute Gasteiger partial charge is 0.453 e. The van der Waals surface area contributed by atoms with Gasteiger partial charge in [0.25, 0.3) is 0 Å². The van der Waals surface area contributed by atoms with Crippen LogP contribution in [0.15, 0.2) is 22.7 Å². The molecule has 1 aliphatic heterocycles. The Morgan fingerprint density at radius 1 is 1.36 bits per heavy atom. The molecule has 0 saturated carbocycles. The zero-order valence-corrected chi connectivity index (χ0v) is 13.7. The number of methoxy groups -OCH3 is 1. The van der Waals surface area contributed by atoms with E-state index < -0.39 is 0 Å². The van der Waals surface area contributed by atoms with Gasteiger partial charge in [-0.15, -0.1) is 0 Å². The van der Waals surface area contributed by atoms with Crippen LogP contribution in [0.5, 0.6) is 0 Å². The van der Waals surface area contributed by atoms with Crippen molar-refractivity contribution < 1.29 is 18.7 Å². The molecule has 2 N–H and O–H groups in total. The molecule has 2 rings (SSSR count). The maximum atomic E-state index is 13.0. The van der Waals surface area contributed by atoms with Gasteiger partial charge in [0, 0.05) is 23.6 Å². The number of nitrogens with zero attached hydrogens (tertiary/aromatic N) is 1. The maximum Gasteiger partial charge on any atom is 0.409 e. The van der Waals surface area contributed by atoms with Gasteiger partial charge in [-0.25, -0.2) is 14.0 Å². The van der Waals surface area contributed by atoms with E-state index in [4.69, 9.17) is 0 Å². The van der Waals surface area contributed by atoms with Gasteiger partial charge in [0.05, 0.1) is 12.8 Å². The van der Waals surface area contributed by atoms with Crippen molar-refractivity contribution >= 4 is 33.7 Å². The zero-order valence-electron chi connectivity index (χ0n) is 12.1. The number of carbonyl (C=O) groups is 2. The molecule has 0 aliphatic carbocycles. The topological polar surface area (TPSA) is 70.7 Å². The van der Waals surface area contributed by atoms with Crippen LogP contribution in [0.1, 0.15) is 12.8 Å². The van der Waals surface area contributed by atoms with Crippen molar-refractivity contribution in [3.05, 3.63) is 28.5 Å². The predicted molar refractivity (Wildman–Crippen MR) is 83.3 cm³/mol. The average molecular weight is 374 g/mol. The van der Waals surface area contributed by atoms with Gasteiger partial charge in [-0.3, -0.25) is 0 Å². The van der Waals surface area contributed by atoms with E-state index in [1.807, 2.05) is 0 Å². The minimum absolute atomic E-state index is 0.0138. The van der Waals surface area contributed by atoms with Gasteiger partial charge in [-0.1, -0.05) is 0 Å². The van der Waals surface area contributed by atoms with E-state index in [2.05, 4.69) is 31.3 Å². The fourth-order valence-corrected chi connectivity index (χ4v) is 2.72. The molecule has 0 bridgehead atoms. The van der Waals surface area contributed by atoms with E-state index in [-0.39, 0.29) is 24.0 Å². The second-order valence-electron chi connectivity index (χ2n) is 4.95. The predicted octanol–water partition coefficient (Wildman–Crippen LogP) is 2.94. The Morgan fingerprint density at radius 2 is 2.05 bits per heavy atom. The number of amides is 3. The molecule has 6 nitrogen and oxygen atoms in total. The SMILES string of the molecule is COC(=O)N1CCC(NC(=O)Nc2ccc(F)cc2Br)CC1. The molecule has 0 unspecified atom stereocenters. The smallest absolute Gasteiger partial charge is 0.409 e. The second kappa shape index (κ2) is 7.44. The maximum absolute atomic E-state index is 13.0. The number of ether oxygens (including phenoxy) is 1. The highest BCUT2D eigenvalue weighted by molar-refractivity contribution is 9.10. The highest BCUT2D eigenvalue weighted by Gasteiger charge is 2.24. The minimum atomic E-state index is -0.381. The highest BCUT2D eigenvalue weighted by Crippen LogP contribution is 2.23. The van der Waals surface area contributed by atoms with Crippen LogP contribution in [0.4, 0.5) is 19.7 Å². The standard InChI is InChI=1S/C14H17BrFN3O3/c1-22-14(21)19-6-4-10(5-7-19)17-13(20)18-12-3-2-9(16)8-11(12)15/h2-3,8,10H,4-7H2,1H3,(H2,17,18,20). The fourth-order valence-electron chi connectivity index (χ4n) is 2.27. The van der Waals surface area contributed by atoms with Crippen molar-refractivity contribution in [1.29, 1.82) is 0 Å². The number of benzene rings is 1. The Balaban J connectivity index is 1.82. The summed E-state index contributed by atoms with van der Waals surface area (Å²) in [6.45, 7) is 1.08. The van der Waals surface area contributed by atoms with Gasteiger partial charge in [0.15, 0.2) is 0 Å². The van der Waals surface area contributed by atoms with Gasteiger partial charge in [-0.05, 0) is 47.0 Å². The van der Waals surface area contributed by atoms with Crippen molar-refractivity contribution in [1.82, 2.24) is 10.2 Å². The molecule has 8 heteroatoms. The first kappa shape index (κ1) is 16.5. The summed E-state index contributed by atoms with van der Waals surface area (Å²) in [5, 5.41) is 5.50. The molecule has 0 aromatic heterocycles. The number of rotatable bonds is 2. The zero-order chi connectivity index (χ0) is 16.1. The summed E-state index contributed by atoms with van der Waals surface area (Å²) < 4.78 is 18.1. The van der Waals surface area contributed by atoms with Crippen molar-refractivity contribution in [3.63, 3.8) is 0 Å². The Hall–Kier alpha value is -1.83. The Bertz CT molecular complexity index is 562. The first-order valence-electron chi connectivity index (χ1n) is 6.85. The first-order chi connectivity index (χ1) is 10.5. The highest BCUT2D eigenvalue weighted by atomic mass is 79.9. The Morgan fingerprint density at radius 3 is 2.64 bits per heavy atom. The molecule has 22 heavy (non-hydrogen) atoms. The van der Waals surface area contributed by atoms with E-state index >= 15 is 0 Å². The summed E-state index contributed by atoms with van der Waals surface area (Å²) in [5.74, 6) is -0.381. The van der Waals surface area contributed by atoms with Crippen LogP contribution in [0.2, 0.25) is 0 Å².